The number of aromatic nitrogens is 1. The average Bonchev–Trinajstić information content (AvgIpc) is 3.09. The third kappa shape index (κ3) is 4.99. The van der Waals surface area contributed by atoms with Gasteiger partial charge in [-0.15, -0.1) is 24.2 Å². The van der Waals surface area contributed by atoms with Crippen LogP contribution in [0, 0.1) is 6.92 Å². The number of amides is 1. The Morgan fingerprint density at radius 3 is 2.64 bits per heavy atom. The van der Waals surface area contributed by atoms with Crippen molar-refractivity contribution in [3.05, 3.63) is 52.5 Å². The van der Waals surface area contributed by atoms with Gasteiger partial charge in [-0.1, -0.05) is 29.0 Å². The fourth-order valence-electron chi connectivity index (χ4n) is 2.70. The number of fused-ring (bicyclic) bond motifs is 1. The van der Waals surface area contributed by atoms with Crippen LogP contribution in [0.2, 0.25) is 5.02 Å². The minimum atomic E-state index is -0.0319. The second kappa shape index (κ2) is 9.94. The van der Waals surface area contributed by atoms with Crippen LogP contribution in [0.15, 0.2) is 41.3 Å². The molecule has 3 rings (SSSR count). The van der Waals surface area contributed by atoms with Crippen molar-refractivity contribution in [2.45, 2.75) is 11.8 Å². The van der Waals surface area contributed by atoms with Crippen LogP contribution in [0.5, 0.6) is 0 Å². The largest absolute Gasteiger partial charge is 0.308 e. The quantitative estimate of drug-likeness (QED) is 0.452. The molecule has 0 radical (unpaired) electrons. The lowest BCUT2D eigenvalue weighted by Crippen LogP contribution is -2.36. The molecule has 0 saturated heterocycles. The summed E-state index contributed by atoms with van der Waals surface area (Å²) in [5.41, 5.74) is 2.48. The van der Waals surface area contributed by atoms with Crippen molar-refractivity contribution in [1.82, 2.24) is 9.88 Å². The number of benzene rings is 2. The van der Waals surface area contributed by atoms with E-state index in [0.29, 0.717) is 22.3 Å². The fraction of sp³-hybridized carbons (Fsp3) is 0.300. The van der Waals surface area contributed by atoms with E-state index in [1.54, 1.807) is 16.7 Å². The van der Waals surface area contributed by atoms with E-state index in [4.69, 9.17) is 16.6 Å². The average molecular weight is 456 g/mol. The molecule has 1 aromatic heterocycles. The summed E-state index contributed by atoms with van der Waals surface area (Å²) in [7, 11) is 4.00. The smallest absolute Gasteiger partial charge is 0.260 e. The number of hydrogen-bond acceptors (Lipinski definition) is 5. The van der Waals surface area contributed by atoms with Crippen LogP contribution in [0.4, 0.5) is 5.13 Å². The Hall–Kier alpha value is -1.31. The molecule has 0 unspecified atom stereocenters. The first-order chi connectivity index (χ1) is 12.9. The van der Waals surface area contributed by atoms with Crippen molar-refractivity contribution >= 4 is 68.4 Å². The number of hydrogen-bond donors (Lipinski definition) is 0. The number of carbonyl (C=O) groups excluding carboxylic acids is 1. The van der Waals surface area contributed by atoms with Crippen LogP contribution >= 0.6 is 47.1 Å². The molecule has 28 heavy (non-hydrogen) atoms. The lowest BCUT2D eigenvalue weighted by molar-refractivity contribution is 0.0985. The topological polar surface area (TPSA) is 36.4 Å². The Balaban J connectivity index is 0.00000280. The number of anilines is 1. The van der Waals surface area contributed by atoms with Crippen molar-refractivity contribution in [1.29, 1.82) is 0 Å². The predicted octanol–water partition coefficient (Wildman–Crippen LogP) is 5.61. The second-order valence-electron chi connectivity index (χ2n) is 6.51. The molecular weight excluding hydrogens is 433 g/mol. The molecular formula is C20H23Cl2N3OS2. The van der Waals surface area contributed by atoms with Crippen LogP contribution in [0.1, 0.15) is 15.9 Å². The Kier molecular flexibility index (Phi) is 8.16. The summed E-state index contributed by atoms with van der Waals surface area (Å²) in [6.07, 6.45) is 2.01. The minimum Gasteiger partial charge on any atom is -0.308 e. The highest BCUT2D eigenvalue weighted by molar-refractivity contribution is 7.98. The van der Waals surface area contributed by atoms with E-state index in [9.17, 15) is 4.79 Å². The molecule has 8 heteroatoms. The number of likely N-dealkylation sites (N-methyl/N-ethyl adjacent to an activating group) is 1. The molecule has 1 heterocycles. The molecule has 2 aromatic carbocycles. The van der Waals surface area contributed by atoms with E-state index in [1.807, 2.05) is 63.7 Å². The predicted molar refractivity (Wildman–Crippen MR) is 125 cm³/mol. The van der Waals surface area contributed by atoms with E-state index in [-0.39, 0.29) is 18.3 Å². The van der Waals surface area contributed by atoms with Crippen molar-refractivity contribution in [2.24, 2.45) is 0 Å². The van der Waals surface area contributed by atoms with E-state index in [0.717, 1.165) is 27.2 Å². The van der Waals surface area contributed by atoms with Gasteiger partial charge in [0, 0.05) is 28.6 Å². The van der Waals surface area contributed by atoms with Gasteiger partial charge in [-0.25, -0.2) is 4.98 Å². The highest BCUT2D eigenvalue weighted by atomic mass is 35.5. The first kappa shape index (κ1) is 23.0. The number of rotatable bonds is 6. The third-order valence-electron chi connectivity index (χ3n) is 4.30. The van der Waals surface area contributed by atoms with Gasteiger partial charge in [-0.2, -0.15) is 0 Å². The summed E-state index contributed by atoms with van der Waals surface area (Å²) in [5, 5.41) is 1.40. The first-order valence-electron chi connectivity index (χ1n) is 8.57. The highest BCUT2D eigenvalue weighted by Gasteiger charge is 2.22. The van der Waals surface area contributed by atoms with E-state index < -0.39 is 0 Å². The molecule has 0 spiro atoms. The summed E-state index contributed by atoms with van der Waals surface area (Å²) in [5.74, 6) is -0.0319. The molecule has 0 saturated carbocycles. The monoisotopic (exact) mass is 455 g/mol. The van der Waals surface area contributed by atoms with Crippen molar-refractivity contribution in [2.75, 3.05) is 38.3 Å². The molecule has 0 fully saturated rings. The SMILES string of the molecule is CSc1cccc(C(=O)N(CCN(C)C)c2nc3c(C)c(Cl)ccc3s2)c1.Cl. The van der Waals surface area contributed by atoms with Gasteiger partial charge >= 0.3 is 0 Å². The minimum absolute atomic E-state index is 0. The zero-order chi connectivity index (χ0) is 19.6. The molecule has 150 valence electrons. The molecule has 1 amide bonds. The van der Waals surface area contributed by atoms with Gasteiger partial charge in [-0.05, 0) is 63.2 Å². The lowest BCUT2D eigenvalue weighted by Gasteiger charge is -2.22. The number of halogens is 2. The molecule has 4 nitrogen and oxygen atoms in total. The van der Waals surface area contributed by atoms with Gasteiger partial charge in [0.05, 0.1) is 10.2 Å². The Bertz CT molecular complexity index is 975. The molecule has 3 aromatic rings. The summed E-state index contributed by atoms with van der Waals surface area (Å²) in [6.45, 7) is 3.29. The first-order valence-corrected chi connectivity index (χ1v) is 11.0. The summed E-state index contributed by atoms with van der Waals surface area (Å²) < 4.78 is 1.03. The van der Waals surface area contributed by atoms with Crippen LogP contribution in [0.25, 0.3) is 10.2 Å². The third-order valence-corrected chi connectivity index (χ3v) is 6.48. The Morgan fingerprint density at radius 1 is 1.21 bits per heavy atom. The highest BCUT2D eigenvalue weighted by Crippen LogP contribution is 2.34. The van der Waals surface area contributed by atoms with E-state index in [1.165, 1.54) is 11.3 Å². The van der Waals surface area contributed by atoms with Crippen molar-refractivity contribution < 1.29 is 4.79 Å². The number of thiazole rings is 1. The van der Waals surface area contributed by atoms with E-state index >= 15 is 0 Å². The Morgan fingerprint density at radius 2 is 1.96 bits per heavy atom. The van der Waals surface area contributed by atoms with Gasteiger partial charge in [-0.3, -0.25) is 9.69 Å². The van der Waals surface area contributed by atoms with Crippen LogP contribution in [-0.2, 0) is 0 Å². The molecule has 0 atom stereocenters. The van der Waals surface area contributed by atoms with Gasteiger partial charge < -0.3 is 4.90 Å². The van der Waals surface area contributed by atoms with E-state index in [2.05, 4.69) is 4.90 Å². The zero-order valence-corrected chi connectivity index (χ0v) is 19.4. The zero-order valence-electron chi connectivity index (χ0n) is 16.2. The van der Waals surface area contributed by atoms with Gasteiger partial charge in [0.15, 0.2) is 5.13 Å². The Labute approximate surface area is 185 Å². The molecule has 0 bridgehead atoms. The lowest BCUT2D eigenvalue weighted by atomic mass is 10.2. The molecule has 0 N–H and O–H groups in total. The van der Waals surface area contributed by atoms with Crippen LogP contribution < -0.4 is 4.90 Å². The van der Waals surface area contributed by atoms with Crippen LogP contribution in [-0.4, -0.2) is 49.2 Å². The summed E-state index contributed by atoms with van der Waals surface area (Å²) in [6, 6.07) is 11.6. The number of thioether (sulfide) groups is 1. The number of aryl methyl sites for hydroxylation is 1. The normalized spacial score (nSPS) is 10.9. The maximum Gasteiger partial charge on any atom is 0.260 e. The standard InChI is InChI=1S/C20H22ClN3OS2.ClH/c1-13-16(21)8-9-17-18(13)22-20(27-17)24(11-10-23(2)3)19(25)14-6-5-7-15(12-14)26-4;/h5-9,12H,10-11H2,1-4H3;1H. The molecule has 0 aliphatic rings. The van der Waals surface area contributed by atoms with Crippen molar-refractivity contribution in [3.63, 3.8) is 0 Å². The fourth-order valence-corrected chi connectivity index (χ4v) is 4.36. The molecule has 0 aliphatic heterocycles. The van der Waals surface area contributed by atoms with Crippen LogP contribution in [0.3, 0.4) is 0 Å². The number of nitrogens with zero attached hydrogens (tertiary/aromatic N) is 3. The second-order valence-corrected chi connectivity index (χ2v) is 8.80. The van der Waals surface area contributed by atoms with Gasteiger partial charge in [0.2, 0.25) is 0 Å². The maximum absolute atomic E-state index is 13.3. The maximum atomic E-state index is 13.3. The number of carbonyl (C=O) groups is 1. The summed E-state index contributed by atoms with van der Waals surface area (Å²) in [4.78, 5) is 23.0. The molecule has 0 aliphatic carbocycles. The van der Waals surface area contributed by atoms with Crippen molar-refractivity contribution in [3.8, 4) is 0 Å². The summed E-state index contributed by atoms with van der Waals surface area (Å²) >= 11 is 9.40. The van der Waals surface area contributed by atoms with Gasteiger partial charge in [0.1, 0.15) is 0 Å². The van der Waals surface area contributed by atoms with Gasteiger partial charge in [0.25, 0.3) is 5.91 Å².